The van der Waals surface area contributed by atoms with Crippen LogP contribution in [-0.2, 0) is 22.9 Å². The van der Waals surface area contributed by atoms with Crippen LogP contribution in [0.2, 0.25) is 5.02 Å². The van der Waals surface area contributed by atoms with Crippen molar-refractivity contribution in [3.63, 3.8) is 0 Å². The van der Waals surface area contributed by atoms with E-state index < -0.39 is 14.8 Å². The molecule has 0 aromatic heterocycles. The number of fused-ring (bicyclic) bond motifs is 1. The van der Waals surface area contributed by atoms with E-state index in [4.69, 9.17) is 21.5 Å². The number of ether oxygens (including phenoxy) is 1. The lowest BCUT2D eigenvalue weighted by Crippen LogP contribution is -2.49. The molecule has 7 heteroatoms. The molecule has 2 aliphatic carbocycles. The van der Waals surface area contributed by atoms with Gasteiger partial charge >= 0.3 is 0 Å². The molecule has 1 saturated heterocycles. The molecule has 2 unspecified atom stereocenters. The van der Waals surface area contributed by atoms with Crippen LogP contribution in [0, 0.1) is 5.92 Å². The molecular formula is C26H33ClN2O3S. The third-order valence-corrected chi connectivity index (χ3v) is 10.1. The molecule has 2 N–H and O–H groups in total. The number of hydrogen-bond acceptors (Lipinski definition) is 4. The van der Waals surface area contributed by atoms with Crippen molar-refractivity contribution in [3.8, 4) is 5.75 Å². The minimum atomic E-state index is -3.55. The maximum Gasteiger partial charge on any atom is 0.214 e. The van der Waals surface area contributed by atoms with Gasteiger partial charge < -0.3 is 9.64 Å². The summed E-state index contributed by atoms with van der Waals surface area (Å²) in [6, 6.07) is 14.6. The summed E-state index contributed by atoms with van der Waals surface area (Å²) >= 11 is 6.27. The fraction of sp³-hybridized carbons (Fsp3) is 0.538. The fourth-order valence-electron chi connectivity index (χ4n) is 5.76. The monoisotopic (exact) mass is 488 g/mol. The minimum absolute atomic E-state index is 0.366. The zero-order valence-corrected chi connectivity index (χ0v) is 20.6. The van der Waals surface area contributed by atoms with Crippen molar-refractivity contribution in [3.05, 3.63) is 64.2 Å². The zero-order chi connectivity index (χ0) is 23.1. The average molecular weight is 489 g/mol. The molecule has 1 saturated carbocycles. The van der Waals surface area contributed by atoms with Crippen molar-refractivity contribution in [1.82, 2.24) is 4.90 Å². The second-order valence-electron chi connectivity index (χ2n) is 10.1. The molecule has 3 aliphatic rings. The van der Waals surface area contributed by atoms with Gasteiger partial charge in [0.25, 0.3) is 0 Å². The Labute approximate surface area is 202 Å². The lowest BCUT2D eigenvalue weighted by molar-refractivity contribution is 0.145. The number of hydrogen-bond donors (Lipinski definition) is 1. The fourth-order valence-corrected chi connectivity index (χ4v) is 7.20. The minimum Gasteiger partial charge on any atom is -0.494 e. The van der Waals surface area contributed by atoms with E-state index in [-0.39, 0.29) is 0 Å². The summed E-state index contributed by atoms with van der Waals surface area (Å²) < 4.78 is 29.4. The number of nitrogens with zero attached hydrogens (tertiary/aromatic N) is 1. The number of primary sulfonamides is 1. The predicted molar refractivity (Wildman–Crippen MR) is 132 cm³/mol. The van der Waals surface area contributed by atoms with E-state index in [0.29, 0.717) is 37.7 Å². The van der Waals surface area contributed by atoms with Crippen molar-refractivity contribution < 1.29 is 13.2 Å². The molecule has 2 atom stereocenters. The van der Waals surface area contributed by atoms with Gasteiger partial charge in [0.1, 0.15) is 5.75 Å². The molecule has 0 spiro atoms. The second kappa shape index (κ2) is 9.21. The SMILES string of the molecule is NS(=O)(=O)C1(CCOc2ccc3c(c2)C(Cc2cccc(Cl)c2)C(CN2CCC2)C3)CCC1. The van der Waals surface area contributed by atoms with Crippen LogP contribution >= 0.6 is 11.6 Å². The van der Waals surface area contributed by atoms with Crippen molar-refractivity contribution in [2.45, 2.75) is 55.6 Å². The van der Waals surface area contributed by atoms with E-state index in [2.05, 4.69) is 29.2 Å². The average Bonchev–Trinajstić information content (AvgIpc) is 3.02. The molecular weight excluding hydrogens is 456 g/mol. The van der Waals surface area contributed by atoms with Crippen LogP contribution in [0.15, 0.2) is 42.5 Å². The first-order valence-corrected chi connectivity index (χ1v) is 14.0. The van der Waals surface area contributed by atoms with Crippen molar-refractivity contribution in [1.29, 1.82) is 0 Å². The van der Waals surface area contributed by atoms with Crippen molar-refractivity contribution in [2.24, 2.45) is 11.1 Å². The number of rotatable bonds is 9. The van der Waals surface area contributed by atoms with E-state index >= 15 is 0 Å². The standard InChI is InChI=1S/C26H33ClN2O3S/c27-22-5-1-4-19(14-22)15-24-21(18-29-11-3-12-29)16-20-6-7-23(17-25(20)24)32-13-10-26(8-2-9-26)33(28,30)31/h1,4-7,14,17,21,24H,2-3,8-13,15-16,18H2,(H2,28,30,31). The summed E-state index contributed by atoms with van der Waals surface area (Å²) in [5.41, 5.74) is 4.03. The zero-order valence-electron chi connectivity index (χ0n) is 19.0. The maximum absolute atomic E-state index is 12.0. The Morgan fingerprint density at radius 3 is 2.58 bits per heavy atom. The highest BCUT2D eigenvalue weighted by Crippen LogP contribution is 2.44. The molecule has 1 heterocycles. The molecule has 5 rings (SSSR count). The van der Waals surface area contributed by atoms with Crippen molar-refractivity contribution >= 4 is 21.6 Å². The lowest BCUT2D eigenvalue weighted by Gasteiger charge is -2.39. The summed E-state index contributed by atoms with van der Waals surface area (Å²) in [7, 11) is -3.55. The summed E-state index contributed by atoms with van der Waals surface area (Å²) in [6.07, 6.45) is 6.00. The van der Waals surface area contributed by atoms with Crippen molar-refractivity contribution in [2.75, 3.05) is 26.2 Å². The molecule has 0 radical (unpaired) electrons. The van der Waals surface area contributed by atoms with Crippen LogP contribution < -0.4 is 9.88 Å². The lowest BCUT2D eigenvalue weighted by atomic mass is 9.82. The largest absolute Gasteiger partial charge is 0.494 e. The highest BCUT2D eigenvalue weighted by molar-refractivity contribution is 7.90. The van der Waals surface area contributed by atoms with E-state index in [1.165, 1.54) is 36.2 Å². The second-order valence-corrected chi connectivity index (χ2v) is 12.5. The summed E-state index contributed by atoms with van der Waals surface area (Å²) in [6.45, 7) is 3.91. The first-order chi connectivity index (χ1) is 15.8. The van der Waals surface area contributed by atoms with Crippen LogP contribution in [0.25, 0.3) is 0 Å². The Balaban J connectivity index is 1.32. The highest BCUT2D eigenvalue weighted by atomic mass is 35.5. The van der Waals surface area contributed by atoms with Crippen LogP contribution in [-0.4, -0.2) is 44.3 Å². The van der Waals surface area contributed by atoms with Crippen LogP contribution in [0.5, 0.6) is 5.75 Å². The number of nitrogens with two attached hydrogens (primary N) is 1. The Bertz CT molecular complexity index is 1110. The van der Waals surface area contributed by atoms with Gasteiger partial charge in [-0.1, -0.05) is 36.2 Å². The van der Waals surface area contributed by atoms with Gasteiger partial charge in [-0.3, -0.25) is 0 Å². The topological polar surface area (TPSA) is 72.6 Å². The van der Waals surface area contributed by atoms with Gasteiger partial charge in [-0.2, -0.15) is 0 Å². The van der Waals surface area contributed by atoms with E-state index in [1.54, 1.807) is 0 Å². The molecule has 1 aliphatic heterocycles. The van der Waals surface area contributed by atoms with Gasteiger partial charge in [-0.15, -0.1) is 0 Å². The third-order valence-electron chi connectivity index (χ3n) is 8.05. The van der Waals surface area contributed by atoms with Crippen LogP contribution in [0.4, 0.5) is 0 Å². The van der Waals surface area contributed by atoms with Gasteiger partial charge in [0.2, 0.25) is 10.0 Å². The van der Waals surface area contributed by atoms with Gasteiger partial charge in [-0.05, 0) is 98.0 Å². The molecule has 178 valence electrons. The summed E-state index contributed by atoms with van der Waals surface area (Å²) in [5.74, 6) is 1.82. The molecule has 2 fully saturated rings. The number of benzene rings is 2. The first kappa shape index (κ1) is 23.2. The first-order valence-electron chi connectivity index (χ1n) is 12.1. The van der Waals surface area contributed by atoms with E-state index in [0.717, 1.165) is 36.6 Å². The Hall–Kier alpha value is -1.60. The summed E-state index contributed by atoms with van der Waals surface area (Å²) in [4.78, 5) is 2.56. The van der Waals surface area contributed by atoms with Gasteiger partial charge in [-0.25, -0.2) is 13.6 Å². The number of halogens is 1. The molecule has 5 nitrogen and oxygen atoms in total. The van der Waals surface area contributed by atoms with Gasteiger partial charge in [0, 0.05) is 18.0 Å². The van der Waals surface area contributed by atoms with Crippen LogP contribution in [0.1, 0.15) is 54.7 Å². The van der Waals surface area contributed by atoms with Crippen LogP contribution in [0.3, 0.4) is 0 Å². The van der Waals surface area contributed by atoms with Gasteiger partial charge in [0.05, 0.1) is 11.4 Å². The molecule has 2 aromatic carbocycles. The molecule has 0 bridgehead atoms. The Kier molecular flexibility index (Phi) is 6.47. The maximum atomic E-state index is 12.0. The van der Waals surface area contributed by atoms with E-state index in [1.807, 2.05) is 18.2 Å². The quantitative estimate of drug-likeness (QED) is 0.563. The Morgan fingerprint density at radius 2 is 1.94 bits per heavy atom. The Morgan fingerprint density at radius 1 is 1.12 bits per heavy atom. The summed E-state index contributed by atoms with van der Waals surface area (Å²) in [5, 5.41) is 6.29. The van der Waals surface area contributed by atoms with Gasteiger partial charge in [0.15, 0.2) is 0 Å². The third kappa shape index (κ3) is 4.81. The van der Waals surface area contributed by atoms with E-state index in [9.17, 15) is 8.42 Å². The predicted octanol–water partition coefficient (Wildman–Crippen LogP) is 4.52. The number of sulfonamides is 1. The number of likely N-dealkylation sites (tertiary alicyclic amines) is 1. The molecule has 33 heavy (non-hydrogen) atoms. The smallest absolute Gasteiger partial charge is 0.214 e. The normalized spacial score (nSPS) is 24.1. The molecule has 2 aromatic rings. The highest BCUT2D eigenvalue weighted by Gasteiger charge is 2.46. The molecule has 0 amide bonds.